The SMILES string of the molecule is CN(CC(C)(C)CN1CCOCC1)C(=O)c1ccc2ccc(Cl)cc2n1. The lowest BCUT2D eigenvalue weighted by atomic mass is 9.91. The van der Waals surface area contributed by atoms with Crippen molar-refractivity contribution in [2.24, 2.45) is 5.41 Å². The number of aromatic nitrogens is 1. The molecule has 2 aromatic rings. The Kier molecular flexibility index (Phi) is 5.80. The van der Waals surface area contributed by atoms with Gasteiger partial charge in [-0.3, -0.25) is 9.69 Å². The van der Waals surface area contributed by atoms with Crippen LogP contribution in [0, 0.1) is 5.41 Å². The lowest BCUT2D eigenvalue weighted by Crippen LogP contribution is -2.46. The summed E-state index contributed by atoms with van der Waals surface area (Å²) in [5.74, 6) is -0.0677. The molecule has 1 aromatic heterocycles. The van der Waals surface area contributed by atoms with Crippen molar-refractivity contribution in [2.75, 3.05) is 46.4 Å². The van der Waals surface area contributed by atoms with Gasteiger partial charge in [0, 0.05) is 43.6 Å². The van der Waals surface area contributed by atoms with E-state index in [2.05, 4.69) is 23.7 Å². The number of halogens is 1. The fraction of sp³-hybridized carbons (Fsp3) is 0.500. The van der Waals surface area contributed by atoms with E-state index in [0.29, 0.717) is 17.3 Å². The Labute approximate surface area is 159 Å². The zero-order chi connectivity index (χ0) is 18.7. The second-order valence-electron chi connectivity index (χ2n) is 7.75. The van der Waals surface area contributed by atoms with Crippen molar-refractivity contribution in [3.8, 4) is 0 Å². The number of fused-ring (bicyclic) bond motifs is 1. The Hall–Kier alpha value is -1.69. The molecule has 0 aliphatic carbocycles. The Morgan fingerprint density at radius 3 is 2.69 bits per heavy atom. The smallest absolute Gasteiger partial charge is 0.272 e. The Morgan fingerprint density at radius 1 is 1.27 bits per heavy atom. The molecule has 1 amide bonds. The van der Waals surface area contributed by atoms with Crippen LogP contribution in [-0.2, 0) is 4.74 Å². The van der Waals surface area contributed by atoms with E-state index >= 15 is 0 Å². The molecule has 6 heteroatoms. The lowest BCUT2D eigenvalue weighted by Gasteiger charge is -2.37. The molecule has 0 bridgehead atoms. The molecule has 140 valence electrons. The fourth-order valence-corrected chi connectivity index (χ4v) is 3.70. The van der Waals surface area contributed by atoms with Crippen molar-refractivity contribution in [3.63, 3.8) is 0 Å². The average Bonchev–Trinajstić information content (AvgIpc) is 2.60. The third kappa shape index (κ3) is 4.72. The van der Waals surface area contributed by atoms with E-state index in [0.717, 1.165) is 43.8 Å². The van der Waals surface area contributed by atoms with Crippen molar-refractivity contribution in [2.45, 2.75) is 13.8 Å². The van der Waals surface area contributed by atoms with Crippen molar-refractivity contribution in [3.05, 3.63) is 41.0 Å². The number of carbonyl (C=O) groups is 1. The van der Waals surface area contributed by atoms with Crippen molar-refractivity contribution in [1.29, 1.82) is 0 Å². The second-order valence-corrected chi connectivity index (χ2v) is 8.18. The maximum atomic E-state index is 12.8. The average molecular weight is 376 g/mol. The van der Waals surface area contributed by atoms with Gasteiger partial charge in [-0.2, -0.15) is 0 Å². The number of rotatable bonds is 5. The summed E-state index contributed by atoms with van der Waals surface area (Å²) in [5.41, 5.74) is 1.18. The first kappa shape index (κ1) is 19.1. The molecule has 1 aliphatic heterocycles. The number of amides is 1. The summed E-state index contributed by atoms with van der Waals surface area (Å²) >= 11 is 6.04. The highest BCUT2D eigenvalue weighted by atomic mass is 35.5. The molecule has 0 N–H and O–H groups in total. The number of ether oxygens (including phenoxy) is 1. The van der Waals surface area contributed by atoms with E-state index < -0.39 is 0 Å². The molecule has 1 aromatic carbocycles. The van der Waals surface area contributed by atoms with Gasteiger partial charge in [-0.15, -0.1) is 0 Å². The number of benzene rings is 1. The van der Waals surface area contributed by atoms with Crippen LogP contribution in [0.3, 0.4) is 0 Å². The highest BCUT2D eigenvalue weighted by molar-refractivity contribution is 6.31. The van der Waals surface area contributed by atoms with E-state index in [1.54, 1.807) is 17.0 Å². The highest BCUT2D eigenvalue weighted by Crippen LogP contribution is 2.21. The number of hydrogen-bond donors (Lipinski definition) is 0. The summed E-state index contributed by atoms with van der Waals surface area (Å²) in [5, 5.41) is 1.59. The van der Waals surface area contributed by atoms with Gasteiger partial charge in [0.25, 0.3) is 5.91 Å². The van der Waals surface area contributed by atoms with Gasteiger partial charge in [0.1, 0.15) is 5.69 Å². The minimum Gasteiger partial charge on any atom is -0.379 e. The Bertz CT molecular complexity index is 788. The van der Waals surface area contributed by atoms with Crippen LogP contribution in [0.15, 0.2) is 30.3 Å². The zero-order valence-electron chi connectivity index (χ0n) is 15.7. The first-order chi connectivity index (χ1) is 12.3. The first-order valence-electron chi connectivity index (χ1n) is 8.96. The van der Waals surface area contributed by atoms with Crippen LogP contribution in [0.5, 0.6) is 0 Å². The molecule has 2 heterocycles. The molecule has 0 unspecified atom stereocenters. The number of carbonyl (C=O) groups excluding carboxylic acids is 1. The monoisotopic (exact) mass is 375 g/mol. The van der Waals surface area contributed by atoms with Gasteiger partial charge in [-0.1, -0.05) is 37.6 Å². The normalized spacial score (nSPS) is 16.0. The third-order valence-corrected chi connectivity index (χ3v) is 4.88. The predicted octanol–water partition coefficient (Wildman–Crippen LogP) is 3.32. The van der Waals surface area contributed by atoms with Gasteiger partial charge in [-0.05, 0) is 23.6 Å². The second kappa shape index (κ2) is 7.91. The molecule has 26 heavy (non-hydrogen) atoms. The van der Waals surface area contributed by atoms with Crippen molar-refractivity contribution >= 4 is 28.4 Å². The summed E-state index contributed by atoms with van der Waals surface area (Å²) in [4.78, 5) is 21.5. The summed E-state index contributed by atoms with van der Waals surface area (Å²) < 4.78 is 5.41. The van der Waals surface area contributed by atoms with Crippen LogP contribution >= 0.6 is 11.6 Å². The van der Waals surface area contributed by atoms with Crippen LogP contribution < -0.4 is 0 Å². The van der Waals surface area contributed by atoms with Gasteiger partial charge in [0.2, 0.25) is 0 Å². The number of pyridine rings is 1. The van der Waals surface area contributed by atoms with E-state index in [4.69, 9.17) is 16.3 Å². The number of nitrogens with zero attached hydrogens (tertiary/aromatic N) is 3. The Morgan fingerprint density at radius 2 is 1.96 bits per heavy atom. The molecule has 0 atom stereocenters. The highest BCUT2D eigenvalue weighted by Gasteiger charge is 2.27. The minimum absolute atomic E-state index is 0.0120. The molecule has 0 radical (unpaired) electrons. The van der Waals surface area contributed by atoms with Gasteiger partial charge in [0.15, 0.2) is 0 Å². The molecule has 5 nitrogen and oxygen atoms in total. The number of morpholine rings is 1. The summed E-state index contributed by atoms with van der Waals surface area (Å²) in [6.45, 7) is 9.47. The van der Waals surface area contributed by atoms with Crippen LogP contribution in [0.1, 0.15) is 24.3 Å². The topological polar surface area (TPSA) is 45.7 Å². The van der Waals surface area contributed by atoms with Crippen LogP contribution in [0.25, 0.3) is 10.9 Å². The molecule has 1 fully saturated rings. The molecule has 3 rings (SSSR count). The predicted molar refractivity (Wildman–Crippen MR) is 105 cm³/mol. The maximum absolute atomic E-state index is 12.8. The van der Waals surface area contributed by atoms with Crippen LogP contribution in [0.2, 0.25) is 5.02 Å². The van der Waals surface area contributed by atoms with Crippen molar-refractivity contribution < 1.29 is 9.53 Å². The van der Waals surface area contributed by atoms with Gasteiger partial charge in [-0.25, -0.2) is 4.98 Å². The summed E-state index contributed by atoms with van der Waals surface area (Å²) in [7, 11) is 1.84. The summed E-state index contributed by atoms with van der Waals surface area (Å²) in [6.07, 6.45) is 0. The lowest BCUT2D eigenvalue weighted by molar-refractivity contribution is 0.0162. The van der Waals surface area contributed by atoms with E-state index in [9.17, 15) is 4.79 Å². The molecule has 1 aliphatic rings. The third-order valence-electron chi connectivity index (χ3n) is 4.64. The molecule has 1 saturated heterocycles. The quantitative estimate of drug-likeness (QED) is 0.804. The first-order valence-corrected chi connectivity index (χ1v) is 9.34. The van der Waals surface area contributed by atoms with E-state index in [-0.39, 0.29) is 11.3 Å². The molecular weight excluding hydrogens is 350 g/mol. The molecule has 0 saturated carbocycles. The standard InChI is InChI=1S/C20H26ClN3O2/c1-20(2,14-24-8-10-26-11-9-24)13-23(3)19(25)17-7-5-15-4-6-16(21)12-18(15)22-17/h4-7,12H,8-11,13-14H2,1-3H3. The van der Waals surface area contributed by atoms with Crippen LogP contribution in [0.4, 0.5) is 0 Å². The maximum Gasteiger partial charge on any atom is 0.272 e. The summed E-state index contributed by atoms with van der Waals surface area (Å²) in [6, 6.07) is 9.22. The molecule has 0 spiro atoms. The zero-order valence-corrected chi connectivity index (χ0v) is 16.4. The van der Waals surface area contributed by atoms with Gasteiger partial charge >= 0.3 is 0 Å². The van der Waals surface area contributed by atoms with E-state index in [1.165, 1.54) is 0 Å². The Balaban J connectivity index is 1.68. The number of hydrogen-bond acceptors (Lipinski definition) is 4. The van der Waals surface area contributed by atoms with Gasteiger partial charge in [0.05, 0.1) is 18.7 Å². The molecular formula is C20H26ClN3O2. The van der Waals surface area contributed by atoms with Crippen LogP contribution in [-0.4, -0.2) is 67.1 Å². The van der Waals surface area contributed by atoms with Crippen molar-refractivity contribution in [1.82, 2.24) is 14.8 Å². The van der Waals surface area contributed by atoms with E-state index in [1.807, 2.05) is 25.2 Å². The largest absolute Gasteiger partial charge is 0.379 e. The van der Waals surface area contributed by atoms with Gasteiger partial charge < -0.3 is 9.64 Å². The minimum atomic E-state index is -0.0677. The fourth-order valence-electron chi connectivity index (χ4n) is 3.53.